The third kappa shape index (κ3) is 3.91. The van der Waals surface area contributed by atoms with E-state index in [1.807, 2.05) is 0 Å². The molecule has 0 radical (unpaired) electrons. The number of carbonyl (C=O) groups excluding carboxylic acids is 1. The molecule has 2 N–H and O–H groups in total. The molecule has 5 nitrogen and oxygen atoms in total. The lowest BCUT2D eigenvalue weighted by Crippen LogP contribution is -2.51. The van der Waals surface area contributed by atoms with Gasteiger partial charge in [0.25, 0.3) is 0 Å². The average molecular weight is 242 g/mol. The van der Waals surface area contributed by atoms with E-state index in [0.29, 0.717) is 5.92 Å². The standard InChI is InChI=1S/C12H22N2O3/c1-9-5-7-14(8-12(9,2)3)11(17)13-6-4-10(15)16/h9H,4-8H2,1-3H3,(H,13,17)(H,15,16). The third-order valence-electron chi connectivity index (χ3n) is 3.67. The minimum atomic E-state index is -0.891. The second-order valence-corrected chi connectivity index (χ2v) is 5.48. The lowest BCUT2D eigenvalue weighted by Gasteiger charge is -2.42. The molecule has 1 unspecified atom stereocenters. The monoisotopic (exact) mass is 242 g/mol. The van der Waals surface area contributed by atoms with Crippen LogP contribution in [0.1, 0.15) is 33.6 Å². The Morgan fingerprint density at radius 3 is 2.65 bits per heavy atom. The number of urea groups is 1. The molecule has 0 aliphatic carbocycles. The van der Waals surface area contributed by atoms with Crippen molar-refractivity contribution in [2.45, 2.75) is 33.6 Å². The van der Waals surface area contributed by atoms with Gasteiger partial charge < -0.3 is 15.3 Å². The van der Waals surface area contributed by atoms with E-state index >= 15 is 0 Å². The lowest BCUT2D eigenvalue weighted by atomic mass is 9.75. The van der Waals surface area contributed by atoms with Gasteiger partial charge in [0.15, 0.2) is 0 Å². The van der Waals surface area contributed by atoms with E-state index in [4.69, 9.17) is 5.11 Å². The number of nitrogens with zero attached hydrogens (tertiary/aromatic N) is 1. The zero-order valence-electron chi connectivity index (χ0n) is 10.8. The summed E-state index contributed by atoms with van der Waals surface area (Å²) < 4.78 is 0. The molecule has 17 heavy (non-hydrogen) atoms. The van der Waals surface area contributed by atoms with Gasteiger partial charge in [0, 0.05) is 19.6 Å². The lowest BCUT2D eigenvalue weighted by molar-refractivity contribution is -0.136. The Balaban J connectivity index is 2.40. The fourth-order valence-corrected chi connectivity index (χ4v) is 2.03. The molecular weight excluding hydrogens is 220 g/mol. The number of nitrogens with one attached hydrogen (secondary N) is 1. The van der Waals surface area contributed by atoms with Gasteiger partial charge in [-0.3, -0.25) is 4.79 Å². The van der Waals surface area contributed by atoms with Crippen LogP contribution in [0.2, 0.25) is 0 Å². The molecule has 1 aliphatic rings. The van der Waals surface area contributed by atoms with Gasteiger partial charge in [-0.1, -0.05) is 20.8 Å². The minimum absolute atomic E-state index is 0.0284. The molecule has 2 amide bonds. The van der Waals surface area contributed by atoms with Crippen molar-refractivity contribution in [3.05, 3.63) is 0 Å². The molecule has 1 heterocycles. The average Bonchev–Trinajstić information content (AvgIpc) is 2.21. The number of carboxylic acids is 1. The number of piperidine rings is 1. The summed E-state index contributed by atoms with van der Waals surface area (Å²) in [5.74, 6) is -0.288. The smallest absolute Gasteiger partial charge is 0.317 e. The number of hydrogen-bond acceptors (Lipinski definition) is 2. The SMILES string of the molecule is CC1CCN(C(=O)NCCC(=O)O)CC1(C)C. The molecule has 98 valence electrons. The van der Waals surface area contributed by atoms with Crippen molar-refractivity contribution in [1.29, 1.82) is 0 Å². The molecule has 1 aliphatic heterocycles. The molecule has 0 saturated carbocycles. The first-order valence-electron chi connectivity index (χ1n) is 6.07. The molecule has 1 saturated heterocycles. The highest BCUT2D eigenvalue weighted by atomic mass is 16.4. The third-order valence-corrected chi connectivity index (χ3v) is 3.67. The van der Waals surface area contributed by atoms with Crippen LogP contribution in [0.15, 0.2) is 0 Å². The number of carbonyl (C=O) groups is 2. The van der Waals surface area contributed by atoms with Gasteiger partial charge in [0.2, 0.25) is 0 Å². The zero-order valence-corrected chi connectivity index (χ0v) is 10.8. The predicted octanol–water partition coefficient (Wildman–Crippen LogP) is 1.54. The Morgan fingerprint density at radius 1 is 1.47 bits per heavy atom. The number of hydrogen-bond donors (Lipinski definition) is 2. The van der Waals surface area contributed by atoms with Gasteiger partial charge >= 0.3 is 12.0 Å². The van der Waals surface area contributed by atoms with Crippen LogP contribution < -0.4 is 5.32 Å². The Bertz CT molecular complexity index is 302. The van der Waals surface area contributed by atoms with Gasteiger partial charge in [0.1, 0.15) is 0 Å². The summed E-state index contributed by atoms with van der Waals surface area (Å²) in [6, 6.07) is -0.147. The second-order valence-electron chi connectivity index (χ2n) is 5.48. The van der Waals surface area contributed by atoms with E-state index in [0.717, 1.165) is 19.5 Å². The highest BCUT2D eigenvalue weighted by Gasteiger charge is 2.34. The van der Waals surface area contributed by atoms with E-state index in [2.05, 4.69) is 26.1 Å². The molecule has 0 aromatic carbocycles. The molecule has 0 bridgehead atoms. The summed E-state index contributed by atoms with van der Waals surface area (Å²) in [5, 5.41) is 11.1. The Morgan fingerprint density at radius 2 is 2.12 bits per heavy atom. The second kappa shape index (κ2) is 5.38. The maximum absolute atomic E-state index is 11.8. The molecule has 1 atom stereocenters. The summed E-state index contributed by atoms with van der Waals surface area (Å²) in [6.07, 6.45) is 0.971. The van der Waals surface area contributed by atoms with E-state index in [-0.39, 0.29) is 24.4 Å². The van der Waals surface area contributed by atoms with Crippen LogP contribution in [0.4, 0.5) is 4.79 Å². The molecule has 1 rings (SSSR count). The predicted molar refractivity (Wildman–Crippen MR) is 64.8 cm³/mol. The van der Waals surface area contributed by atoms with Gasteiger partial charge in [-0.25, -0.2) is 4.79 Å². The molecule has 0 aromatic rings. The summed E-state index contributed by atoms with van der Waals surface area (Å²) in [7, 11) is 0. The zero-order chi connectivity index (χ0) is 13.1. The van der Waals surface area contributed by atoms with E-state index in [1.54, 1.807) is 4.90 Å². The first-order valence-corrected chi connectivity index (χ1v) is 6.07. The van der Waals surface area contributed by atoms with Gasteiger partial charge in [-0.2, -0.15) is 0 Å². The molecular formula is C12H22N2O3. The van der Waals surface area contributed by atoms with Crippen molar-refractivity contribution in [2.75, 3.05) is 19.6 Å². The Hall–Kier alpha value is -1.26. The minimum Gasteiger partial charge on any atom is -0.481 e. The molecule has 5 heteroatoms. The van der Waals surface area contributed by atoms with Crippen LogP contribution in [0.5, 0.6) is 0 Å². The van der Waals surface area contributed by atoms with Crippen LogP contribution >= 0.6 is 0 Å². The van der Waals surface area contributed by atoms with E-state index in [9.17, 15) is 9.59 Å². The van der Waals surface area contributed by atoms with Crippen molar-refractivity contribution in [3.8, 4) is 0 Å². The fourth-order valence-electron chi connectivity index (χ4n) is 2.03. The highest BCUT2D eigenvalue weighted by molar-refractivity contribution is 5.75. The van der Waals surface area contributed by atoms with Crippen molar-refractivity contribution >= 4 is 12.0 Å². The number of amides is 2. The summed E-state index contributed by atoms with van der Waals surface area (Å²) in [5.41, 5.74) is 0.127. The molecule has 0 aromatic heterocycles. The van der Waals surface area contributed by atoms with E-state index < -0.39 is 5.97 Å². The number of rotatable bonds is 3. The first kappa shape index (κ1) is 13.8. The Labute approximate surface area is 102 Å². The van der Waals surface area contributed by atoms with Crippen molar-refractivity contribution in [1.82, 2.24) is 10.2 Å². The van der Waals surface area contributed by atoms with Crippen LogP contribution in [0.3, 0.4) is 0 Å². The largest absolute Gasteiger partial charge is 0.481 e. The van der Waals surface area contributed by atoms with Crippen molar-refractivity contribution in [3.63, 3.8) is 0 Å². The van der Waals surface area contributed by atoms with E-state index in [1.165, 1.54) is 0 Å². The maximum atomic E-state index is 11.8. The van der Waals surface area contributed by atoms with Crippen molar-refractivity contribution in [2.24, 2.45) is 11.3 Å². The summed E-state index contributed by atoms with van der Waals surface area (Å²) in [4.78, 5) is 23.9. The normalized spacial score (nSPS) is 23.2. The van der Waals surface area contributed by atoms with Crippen LogP contribution in [-0.2, 0) is 4.79 Å². The topological polar surface area (TPSA) is 69.6 Å². The summed E-state index contributed by atoms with van der Waals surface area (Å²) >= 11 is 0. The van der Waals surface area contributed by atoms with Gasteiger partial charge in [-0.15, -0.1) is 0 Å². The van der Waals surface area contributed by atoms with Crippen LogP contribution in [0, 0.1) is 11.3 Å². The first-order chi connectivity index (χ1) is 7.83. The fraction of sp³-hybridized carbons (Fsp3) is 0.833. The quantitative estimate of drug-likeness (QED) is 0.788. The number of aliphatic carboxylic acids is 1. The summed E-state index contributed by atoms with van der Waals surface area (Å²) in [6.45, 7) is 8.21. The van der Waals surface area contributed by atoms with Gasteiger partial charge in [0.05, 0.1) is 6.42 Å². The molecule has 1 fully saturated rings. The maximum Gasteiger partial charge on any atom is 0.317 e. The number of likely N-dealkylation sites (tertiary alicyclic amines) is 1. The van der Waals surface area contributed by atoms with Crippen LogP contribution in [0.25, 0.3) is 0 Å². The van der Waals surface area contributed by atoms with Gasteiger partial charge in [-0.05, 0) is 17.8 Å². The Kier molecular flexibility index (Phi) is 4.37. The van der Waals surface area contributed by atoms with Crippen molar-refractivity contribution < 1.29 is 14.7 Å². The molecule has 0 spiro atoms. The highest BCUT2D eigenvalue weighted by Crippen LogP contribution is 2.34. The number of carboxylic acid groups (broad SMARTS) is 1. The van der Waals surface area contributed by atoms with Crippen LogP contribution in [-0.4, -0.2) is 41.6 Å².